The van der Waals surface area contributed by atoms with E-state index in [1.54, 1.807) is 0 Å². The third-order valence-corrected chi connectivity index (χ3v) is 3.14. The lowest BCUT2D eigenvalue weighted by molar-refractivity contribution is 0.0593. The van der Waals surface area contributed by atoms with Gasteiger partial charge in [-0.15, -0.1) is 0 Å². The molecule has 2 rings (SSSR count). The molecular formula is C12H13N3O3S. The van der Waals surface area contributed by atoms with Crippen LogP contribution in [0.1, 0.15) is 22.2 Å². The minimum absolute atomic E-state index is 0.123. The number of hydrogen-bond acceptors (Lipinski definition) is 7. The SMILES string of the molecule is COC(=O)c1cncc(NCC(O)c2ccsc2)n1. The van der Waals surface area contributed by atoms with E-state index >= 15 is 0 Å². The van der Waals surface area contributed by atoms with Crippen molar-refractivity contribution >= 4 is 23.1 Å². The van der Waals surface area contributed by atoms with E-state index in [9.17, 15) is 9.90 Å². The lowest BCUT2D eigenvalue weighted by Crippen LogP contribution is -2.14. The molecule has 0 aromatic carbocycles. The van der Waals surface area contributed by atoms with E-state index in [4.69, 9.17) is 0 Å². The largest absolute Gasteiger partial charge is 0.464 e. The van der Waals surface area contributed by atoms with Crippen molar-refractivity contribution in [3.05, 3.63) is 40.5 Å². The lowest BCUT2D eigenvalue weighted by atomic mass is 10.2. The maximum atomic E-state index is 11.3. The molecule has 0 saturated carbocycles. The van der Waals surface area contributed by atoms with Crippen LogP contribution in [0.3, 0.4) is 0 Å². The number of thiophene rings is 1. The third-order valence-electron chi connectivity index (χ3n) is 2.43. The van der Waals surface area contributed by atoms with Gasteiger partial charge in [-0.3, -0.25) is 4.98 Å². The number of hydrogen-bond donors (Lipinski definition) is 2. The van der Waals surface area contributed by atoms with Gasteiger partial charge < -0.3 is 15.2 Å². The maximum absolute atomic E-state index is 11.3. The van der Waals surface area contributed by atoms with Gasteiger partial charge >= 0.3 is 5.97 Å². The first-order valence-corrected chi connectivity index (χ1v) is 6.49. The van der Waals surface area contributed by atoms with Gasteiger partial charge in [0.25, 0.3) is 0 Å². The zero-order valence-electron chi connectivity index (χ0n) is 10.2. The van der Waals surface area contributed by atoms with Crippen molar-refractivity contribution in [1.82, 2.24) is 9.97 Å². The van der Waals surface area contributed by atoms with Crippen LogP contribution in [0.5, 0.6) is 0 Å². The number of anilines is 1. The van der Waals surface area contributed by atoms with Gasteiger partial charge in [-0.25, -0.2) is 9.78 Å². The Labute approximate surface area is 114 Å². The van der Waals surface area contributed by atoms with Crippen LogP contribution in [0, 0.1) is 0 Å². The number of ether oxygens (including phenoxy) is 1. The topological polar surface area (TPSA) is 84.3 Å². The summed E-state index contributed by atoms with van der Waals surface area (Å²) < 4.78 is 4.56. The van der Waals surface area contributed by atoms with Gasteiger partial charge in [0.15, 0.2) is 5.69 Å². The Kier molecular flexibility index (Phi) is 4.43. The van der Waals surface area contributed by atoms with Crippen molar-refractivity contribution in [2.24, 2.45) is 0 Å². The molecule has 1 unspecified atom stereocenters. The molecule has 100 valence electrons. The van der Waals surface area contributed by atoms with Crippen molar-refractivity contribution < 1.29 is 14.6 Å². The lowest BCUT2D eigenvalue weighted by Gasteiger charge is -2.11. The molecule has 2 aromatic heterocycles. The molecule has 6 nitrogen and oxygen atoms in total. The molecule has 0 saturated heterocycles. The molecule has 0 aliphatic rings. The molecule has 0 fully saturated rings. The maximum Gasteiger partial charge on any atom is 0.358 e. The molecule has 19 heavy (non-hydrogen) atoms. The van der Waals surface area contributed by atoms with Crippen LogP contribution in [-0.2, 0) is 4.74 Å². The molecule has 0 aliphatic carbocycles. The van der Waals surface area contributed by atoms with E-state index in [1.165, 1.54) is 30.8 Å². The second kappa shape index (κ2) is 6.26. The summed E-state index contributed by atoms with van der Waals surface area (Å²) in [5, 5.41) is 16.6. The zero-order chi connectivity index (χ0) is 13.7. The second-order valence-corrected chi connectivity index (χ2v) is 4.51. The Balaban J connectivity index is 1.98. The van der Waals surface area contributed by atoms with E-state index in [0.717, 1.165) is 5.56 Å². The van der Waals surface area contributed by atoms with Crippen molar-refractivity contribution in [3.63, 3.8) is 0 Å². The van der Waals surface area contributed by atoms with Crippen molar-refractivity contribution in [2.75, 3.05) is 19.0 Å². The van der Waals surface area contributed by atoms with Crippen LogP contribution >= 0.6 is 11.3 Å². The van der Waals surface area contributed by atoms with Crippen LogP contribution in [0.25, 0.3) is 0 Å². The first-order chi connectivity index (χ1) is 9.20. The Morgan fingerprint density at radius 1 is 1.58 bits per heavy atom. The smallest absolute Gasteiger partial charge is 0.358 e. The fourth-order valence-corrected chi connectivity index (χ4v) is 2.14. The Bertz CT molecular complexity index is 545. The number of esters is 1. The second-order valence-electron chi connectivity index (χ2n) is 3.73. The summed E-state index contributed by atoms with van der Waals surface area (Å²) in [4.78, 5) is 19.2. The summed E-state index contributed by atoms with van der Waals surface area (Å²) in [6, 6.07) is 1.85. The number of carbonyl (C=O) groups is 1. The molecular weight excluding hydrogens is 266 g/mol. The van der Waals surface area contributed by atoms with Crippen LogP contribution in [0.4, 0.5) is 5.82 Å². The standard InChI is InChI=1S/C12H13N3O3S/c1-18-12(17)9-4-13-6-11(15-9)14-5-10(16)8-2-3-19-7-8/h2-4,6-7,10,16H,5H2,1H3,(H,14,15). The molecule has 1 atom stereocenters. The number of methoxy groups -OCH3 is 1. The van der Waals surface area contributed by atoms with E-state index in [-0.39, 0.29) is 12.2 Å². The minimum Gasteiger partial charge on any atom is -0.464 e. The van der Waals surface area contributed by atoms with Crippen molar-refractivity contribution in [3.8, 4) is 0 Å². The van der Waals surface area contributed by atoms with Crippen molar-refractivity contribution in [2.45, 2.75) is 6.10 Å². The number of aliphatic hydroxyl groups is 1. The van der Waals surface area contributed by atoms with Gasteiger partial charge in [0, 0.05) is 6.54 Å². The Morgan fingerprint density at radius 3 is 3.11 bits per heavy atom. The molecule has 2 N–H and O–H groups in total. The number of carbonyl (C=O) groups excluding carboxylic acids is 1. The summed E-state index contributed by atoms with van der Waals surface area (Å²) >= 11 is 1.52. The molecule has 0 radical (unpaired) electrons. The monoisotopic (exact) mass is 279 g/mol. The fraction of sp³-hybridized carbons (Fsp3) is 0.250. The Hall–Kier alpha value is -1.99. The molecule has 0 amide bonds. The van der Waals surface area contributed by atoms with Crippen molar-refractivity contribution in [1.29, 1.82) is 0 Å². The molecule has 0 spiro atoms. The summed E-state index contributed by atoms with van der Waals surface area (Å²) in [6.45, 7) is 0.288. The van der Waals surface area contributed by atoms with Gasteiger partial charge in [0.1, 0.15) is 5.82 Å². The first-order valence-electron chi connectivity index (χ1n) is 5.55. The van der Waals surface area contributed by atoms with E-state index in [2.05, 4.69) is 20.0 Å². The van der Waals surface area contributed by atoms with Crippen LogP contribution in [0.2, 0.25) is 0 Å². The fourth-order valence-electron chi connectivity index (χ4n) is 1.44. The van der Waals surface area contributed by atoms with Gasteiger partial charge in [0.2, 0.25) is 0 Å². The first kappa shape index (κ1) is 13.4. The molecule has 0 bridgehead atoms. The van der Waals surface area contributed by atoms with Crippen LogP contribution in [0.15, 0.2) is 29.2 Å². The highest BCUT2D eigenvalue weighted by Gasteiger charge is 2.10. The average molecular weight is 279 g/mol. The number of aliphatic hydroxyl groups excluding tert-OH is 1. The van der Waals surface area contributed by atoms with Gasteiger partial charge in [-0.2, -0.15) is 11.3 Å². The van der Waals surface area contributed by atoms with Crippen LogP contribution in [-0.4, -0.2) is 34.7 Å². The number of rotatable bonds is 5. The third kappa shape index (κ3) is 3.49. The minimum atomic E-state index is -0.630. The normalized spacial score (nSPS) is 11.9. The quantitative estimate of drug-likeness (QED) is 0.806. The van der Waals surface area contributed by atoms with Gasteiger partial charge in [-0.1, -0.05) is 0 Å². The highest BCUT2D eigenvalue weighted by Crippen LogP contribution is 2.16. The predicted octanol–water partition coefficient (Wildman–Crippen LogP) is 1.47. The van der Waals surface area contributed by atoms with E-state index < -0.39 is 12.1 Å². The van der Waals surface area contributed by atoms with E-state index in [0.29, 0.717) is 5.82 Å². The highest BCUT2D eigenvalue weighted by atomic mass is 32.1. The Morgan fingerprint density at radius 2 is 2.42 bits per heavy atom. The molecule has 0 aliphatic heterocycles. The average Bonchev–Trinajstić information content (AvgIpc) is 2.98. The summed E-state index contributed by atoms with van der Waals surface area (Å²) in [5.41, 5.74) is 0.965. The molecule has 2 aromatic rings. The highest BCUT2D eigenvalue weighted by molar-refractivity contribution is 7.07. The zero-order valence-corrected chi connectivity index (χ0v) is 11.1. The summed E-state index contributed by atoms with van der Waals surface area (Å²) in [7, 11) is 1.28. The van der Waals surface area contributed by atoms with Gasteiger partial charge in [-0.05, 0) is 22.4 Å². The number of nitrogens with zero attached hydrogens (tertiary/aromatic N) is 2. The predicted molar refractivity (Wildman–Crippen MR) is 71.1 cm³/mol. The summed E-state index contributed by atoms with van der Waals surface area (Å²) in [6.07, 6.45) is 2.17. The van der Waals surface area contributed by atoms with Gasteiger partial charge in [0.05, 0.1) is 25.6 Å². The number of aromatic nitrogens is 2. The number of nitrogens with one attached hydrogen (secondary N) is 1. The molecule has 2 heterocycles. The summed E-state index contributed by atoms with van der Waals surface area (Å²) in [5.74, 6) is -0.133. The van der Waals surface area contributed by atoms with Crippen LogP contribution < -0.4 is 5.32 Å². The molecule has 7 heteroatoms. The van der Waals surface area contributed by atoms with E-state index in [1.807, 2.05) is 16.8 Å².